The third-order valence-corrected chi connectivity index (χ3v) is 5.27. The van der Waals surface area contributed by atoms with E-state index < -0.39 is 0 Å². The summed E-state index contributed by atoms with van der Waals surface area (Å²) in [6, 6.07) is 0. The van der Waals surface area contributed by atoms with Crippen LogP contribution in [0.3, 0.4) is 0 Å². The maximum atomic E-state index is 11.8. The lowest BCUT2D eigenvalue weighted by Crippen LogP contribution is -2.20. The fraction of sp³-hybridized carbons (Fsp3) is 0.625. The summed E-state index contributed by atoms with van der Waals surface area (Å²) >= 11 is 1.62. The number of carbonyl (C=O) groups excluding carboxylic acids is 1. The Bertz CT molecular complexity index is 657. The van der Waals surface area contributed by atoms with Crippen LogP contribution in [0.5, 0.6) is 0 Å². The van der Waals surface area contributed by atoms with Crippen molar-refractivity contribution >= 4 is 22.3 Å². The molecule has 0 aromatic carbocycles. The van der Waals surface area contributed by atoms with Crippen LogP contribution in [0.4, 0.5) is 0 Å². The molecule has 1 aliphatic carbocycles. The van der Waals surface area contributed by atoms with Crippen molar-refractivity contribution in [2.45, 2.75) is 46.5 Å². The SMILES string of the molecule is CCOC(=O)Cc1csc2nc3c(n12)CC(C(C)C)CC3. The number of fused-ring (bicyclic) bond motifs is 3. The van der Waals surface area contributed by atoms with Gasteiger partial charge in [0.2, 0.25) is 0 Å². The molecule has 3 rings (SSSR count). The lowest BCUT2D eigenvalue weighted by Gasteiger charge is -2.25. The number of thiazole rings is 1. The van der Waals surface area contributed by atoms with Gasteiger partial charge in [-0.3, -0.25) is 9.20 Å². The fourth-order valence-electron chi connectivity index (χ4n) is 3.15. The summed E-state index contributed by atoms with van der Waals surface area (Å²) in [7, 11) is 0. The van der Waals surface area contributed by atoms with Crippen LogP contribution in [-0.2, 0) is 28.8 Å². The smallest absolute Gasteiger partial charge is 0.311 e. The first-order valence-electron chi connectivity index (χ1n) is 7.72. The summed E-state index contributed by atoms with van der Waals surface area (Å²) in [5, 5.41) is 2.04. The van der Waals surface area contributed by atoms with Crippen LogP contribution in [0.25, 0.3) is 4.96 Å². The number of esters is 1. The van der Waals surface area contributed by atoms with Gasteiger partial charge < -0.3 is 4.74 Å². The predicted molar refractivity (Wildman–Crippen MR) is 83.8 cm³/mol. The normalized spacial score (nSPS) is 18.2. The molecule has 0 radical (unpaired) electrons. The van der Waals surface area contributed by atoms with Crippen molar-refractivity contribution in [3.8, 4) is 0 Å². The van der Waals surface area contributed by atoms with Crippen molar-refractivity contribution in [2.75, 3.05) is 6.61 Å². The molecule has 114 valence electrons. The highest BCUT2D eigenvalue weighted by atomic mass is 32.1. The van der Waals surface area contributed by atoms with E-state index in [1.54, 1.807) is 11.3 Å². The Labute approximate surface area is 129 Å². The zero-order chi connectivity index (χ0) is 15.0. The Hall–Kier alpha value is -1.36. The highest BCUT2D eigenvalue weighted by molar-refractivity contribution is 7.15. The van der Waals surface area contributed by atoms with E-state index in [0.29, 0.717) is 24.9 Å². The molecule has 1 unspecified atom stereocenters. The molecule has 1 aliphatic rings. The zero-order valence-corrected chi connectivity index (χ0v) is 13.7. The first-order valence-corrected chi connectivity index (χ1v) is 8.60. The van der Waals surface area contributed by atoms with Gasteiger partial charge in [-0.1, -0.05) is 13.8 Å². The first kappa shape index (κ1) is 14.6. The van der Waals surface area contributed by atoms with Gasteiger partial charge in [-0.25, -0.2) is 4.98 Å². The molecular formula is C16H22N2O2S. The van der Waals surface area contributed by atoms with Crippen molar-refractivity contribution < 1.29 is 9.53 Å². The summed E-state index contributed by atoms with van der Waals surface area (Å²) in [5.74, 6) is 1.25. The van der Waals surface area contributed by atoms with Crippen LogP contribution < -0.4 is 0 Å². The van der Waals surface area contributed by atoms with E-state index in [2.05, 4.69) is 18.2 Å². The van der Waals surface area contributed by atoms with E-state index in [-0.39, 0.29) is 5.97 Å². The minimum Gasteiger partial charge on any atom is -0.466 e. The van der Waals surface area contributed by atoms with Gasteiger partial charge in [0, 0.05) is 16.8 Å². The highest BCUT2D eigenvalue weighted by Gasteiger charge is 2.27. The quantitative estimate of drug-likeness (QED) is 0.814. The van der Waals surface area contributed by atoms with E-state index in [0.717, 1.165) is 23.5 Å². The topological polar surface area (TPSA) is 43.6 Å². The zero-order valence-electron chi connectivity index (χ0n) is 12.9. The van der Waals surface area contributed by atoms with Gasteiger partial charge in [-0.05, 0) is 38.0 Å². The lowest BCUT2D eigenvalue weighted by atomic mass is 9.82. The molecule has 0 aliphatic heterocycles. The Kier molecular flexibility index (Phi) is 4.02. The Balaban J connectivity index is 1.94. The summed E-state index contributed by atoms with van der Waals surface area (Å²) < 4.78 is 7.28. The second kappa shape index (κ2) is 5.79. The number of hydrogen-bond acceptors (Lipinski definition) is 4. The van der Waals surface area contributed by atoms with Gasteiger partial charge in [0.25, 0.3) is 0 Å². The summed E-state index contributed by atoms with van der Waals surface area (Å²) in [6.07, 6.45) is 3.69. The Morgan fingerprint density at radius 2 is 2.38 bits per heavy atom. The summed E-state index contributed by atoms with van der Waals surface area (Å²) in [4.78, 5) is 17.5. The van der Waals surface area contributed by atoms with Gasteiger partial charge in [0.15, 0.2) is 4.96 Å². The number of carbonyl (C=O) groups is 1. The second-order valence-corrected chi connectivity index (χ2v) is 6.92. The molecular weight excluding hydrogens is 284 g/mol. The van der Waals surface area contributed by atoms with Crippen LogP contribution in [0.15, 0.2) is 5.38 Å². The van der Waals surface area contributed by atoms with Gasteiger partial charge in [0.05, 0.1) is 18.7 Å². The first-order chi connectivity index (χ1) is 10.1. The van der Waals surface area contributed by atoms with Crippen LogP contribution in [0.1, 0.15) is 44.3 Å². The minimum atomic E-state index is -0.157. The maximum absolute atomic E-state index is 11.8. The molecule has 0 amide bonds. The van der Waals surface area contributed by atoms with Crippen molar-refractivity contribution in [1.82, 2.24) is 9.38 Å². The monoisotopic (exact) mass is 306 g/mol. The van der Waals surface area contributed by atoms with Crippen LogP contribution >= 0.6 is 11.3 Å². The molecule has 5 heteroatoms. The fourth-order valence-corrected chi connectivity index (χ4v) is 4.08. The minimum absolute atomic E-state index is 0.157. The van der Waals surface area contributed by atoms with Crippen LogP contribution in [0, 0.1) is 11.8 Å². The van der Waals surface area contributed by atoms with Crippen LogP contribution in [0.2, 0.25) is 0 Å². The standard InChI is InChI=1S/C16H22N2O2S/c1-4-20-15(19)8-12-9-21-16-17-13-6-5-11(10(2)3)7-14(13)18(12)16/h9-11H,4-8H2,1-3H3. The van der Waals surface area contributed by atoms with Crippen molar-refractivity contribution in [3.63, 3.8) is 0 Å². The van der Waals surface area contributed by atoms with Crippen LogP contribution in [-0.4, -0.2) is 22.0 Å². The molecule has 21 heavy (non-hydrogen) atoms. The molecule has 0 saturated carbocycles. The Morgan fingerprint density at radius 1 is 1.57 bits per heavy atom. The summed E-state index contributed by atoms with van der Waals surface area (Å²) in [5.41, 5.74) is 3.56. The molecule has 2 aromatic rings. The number of nitrogens with zero attached hydrogens (tertiary/aromatic N) is 2. The van der Waals surface area contributed by atoms with Crippen molar-refractivity contribution in [2.24, 2.45) is 11.8 Å². The lowest BCUT2D eigenvalue weighted by molar-refractivity contribution is -0.142. The number of imidazole rings is 1. The number of hydrogen-bond donors (Lipinski definition) is 0. The van der Waals surface area contributed by atoms with Gasteiger partial charge in [-0.15, -0.1) is 11.3 Å². The molecule has 0 N–H and O–H groups in total. The predicted octanol–water partition coefficient (Wildman–Crippen LogP) is 3.26. The molecule has 0 saturated heterocycles. The Morgan fingerprint density at radius 3 is 3.10 bits per heavy atom. The molecule has 2 heterocycles. The third-order valence-electron chi connectivity index (χ3n) is 4.39. The largest absolute Gasteiger partial charge is 0.466 e. The molecule has 2 aromatic heterocycles. The van der Waals surface area contributed by atoms with Gasteiger partial charge >= 0.3 is 5.97 Å². The average molecular weight is 306 g/mol. The molecule has 0 fully saturated rings. The average Bonchev–Trinajstić information content (AvgIpc) is 2.98. The number of aromatic nitrogens is 2. The van der Waals surface area contributed by atoms with Gasteiger partial charge in [-0.2, -0.15) is 0 Å². The number of rotatable bonds is 4. The van der Waals surface area contributed by atoms with Crippen molar-refractivity contribution in [1.29, 1.82) is 0 Å². The number of aryl methyl sites for hydroxylation is 1. The molecule has 0 bridgehead atoms. The van der Waals surface area contributed by atoms with E-state index in [1.165, 1.54) is 17.8 Å². The molecule has 1 atom stereocenters. The van der Waals surface area contributed by atoms with Crippen molar-refractivity contribution in [3.05, 3.63) is 22.5 Å². The van der Waals surface area contributed by atoms with E-state index in [1.807, 2.05) is 12.3 Å². The third kappa shape index (κ3) is 2.71. The number of ether oxygens (including phenoxy) is 1. The highest BCUT2D eigenvalue weighted by Crippen LogP contribution is 2.33. The van der Waals surface area contributed by atoms with Gasteiger partial charge in [0.1, 0.15) is 0 Å². The summed E-state index contributed by atoms with van der Waals surface area (Å²) in [6.45, 7) is 6.86. The van der Waals surface area contributed by atoms with E-state index in [4.69, 9.17) is 9.72 Å². The second-order valence-electron chi connectivity index (χ2n) is 6.08. The molecule has 4 nitrogen and oxygen atoms in total. The molecule has 0 spiro atoms. The van der Waals surface area contributed by atoms with E-state index >= 15 is 0 Å². The van der Waals surface area contributed by atoms with E-state index in [9.17, 15) is 4.79 Å². The maximum Gasteiger partial charge on any atom is 0.311 e.